The molecule has 2 aromatic rings. The Kier molecular flexibility index (Phi) is 5.71. The lowest BCUT2D eigenvalue weighted by atomic mass is 9.90. The fourth-order valence-electron chi connectivity index (χ4n) is 3.48. The van der Waals surface area contributed by atoms with Crippen molar-refractivity contribution in [2.24, 2.45) is 0 Å². The lowest BCUT2D eigenvalue weighted by Gasteiger charge is -2.23. The fourth-order valence-corrected chi connectivity index (χ4v) is 4.05. The molecule has 148 valence electrons. The number of ether oxygens (including phenoxy) is 1. The minimum Gasteiger partial charge on any atom is -0.491 e. The first kappa shape index (κ1) is 20.6. The molecule has 1 aliphatic heterocycles. The molecule has 0 radical (unpaired) electrons. The van der Waals surface area contributed by atoms with Gasteiger partial charge in [0, 0.05) is 22.6 Å². The summed E-state index contributed by atoms with van der Waals surface area (Å²) in [5.74, 6) is -0.331. The summed E-state index contributed by atoms with van der Waals surface area (Å²) in [5.41, 5.74) is -0.804. The van der Waals surface area contributed by atoms with E-state index in [0.29, 0.717) is 11.4 Å². The highest BCUT2D eigenvalue weighted by molar-refractivity contribution is 6.38. The van der Waals surface area contributed by atoms with Gasteiger partial charge in [-0.3, -0.25) is 9.59 Å². The third-order valence-corrected chi connectivity index (χ3v) is 5.15. The monoisotopic (exact) mass is 421 g/mol. The molecule has 28 heavy (non-hydrogen) atoms. The number of carbonyl (C=O) groups excluding carboxylic acids is 2. The second-order valence-corrected chi connectivity index (χ2v) is 7.97. The number of aliphatic hydroxyl groups is 1. The van der Waals surface area contributed by atoms with Crippen LogP contribution in [0.25, 0.3) is 0 Å². The first-order valence-corrected chi connectivity index (χ1v) is 9.67. The van der Waals surface area contributed by atoms with Crippen LogP contribution in [-0.4, -0.2) is 22.9 Å². The van der Waals surface area contributed by atoms with Crippen LogP contribution in [0, 0.1) is 0 Å². The van der Waals surface area contributed by atoms with Crippen molar-refractivity contribution in [1.82, 2.24) is 0 Å². The van der Waals surface area contributed by atoms with E-state index in [9.17, 15) is 14.7 Å². The summed E-state index contributed by atoms with van der Waals surface area (Å²) in [6.45, 7) is 5.26. The minimum absolute atomic E-state index is 0.0459. The van der Waals surface area contributed by atoms with Crippen molar-refractivity contribution in [2.75, 3.05) is 4.90 Å². The predicted octanol–water partition coefficient (Wildman–Crippen LogP) is 4.49. The second kappa shape index (κ2) is 7.74. The molecule has 0 bridgehead atoms. The average molecular weight is 422 g/mol. The zero-order valence-electron chi connectivity index (χ0n) is 15.8. The maximum absolute atomic E-state index is 13.2. The minimum atomic E-state index is -2.04. The van der Waals surface area contributed by atoms with Crippen molar-refractivity contribution in [3.8, 4) is 5.75 Å². The molecule has 0 saturated carbocycles. The highest BCUT2D eigenvalue weighted by Crippen LogP contribution is 2.50. The van der Waals surface area contributed by atoms with E-state index in [0.717, 1.165) is 5.56 Å². The lowest BCUT2D eigenvalue weighted by Crippen LogP contribution is -2.41. The number of anilines is 1. The molecule has 7 heteroatoms. The maximum Gasteiger partial charge on any atom is 0.264 e. The van der Waals surface area contributed by atoms with Gasteiger partial charge in [-0.15, -0.1) is 0 Å². The number of Topliss-reactive ketones (excluding diaryl/α,β-unsaturated/α-hetero) is 1. The van der Waals surface area contributed by atoms with E-state index in [1.54, 1.807) is 6.07 Å². The molecule has 1 heterocycles. The smallest absolute Gasteiger partial charge is 0.264 e. The summed E-state index contributed by atoms with van der Waals surface area (Å²) < 4.78 is 5.84. The van der Waals surface area contributed by atoms with E-state index < -0.39 is 11.5 Å². The van der Waals surface area contributed by atoms with Crippen LogP contribution in [0.2, 0.25) is 10.0 Å². The average Bonchev–Trinajstić information content (AvgIpc) is 2.81. The third-order valence-electron chi connectivity index (χ3n) is 4.53. The first-order chi connectivity index (χ1) is 13.1. The van der Waals surface area contributed by atoms with Crippen molar-refractivity contribution < 1.29 is 19.4 Å². The van der Waals surface area contributed by atoms with Gasteiger partial charge in [0.2, 0.25) is 0 Å². The van der Waals surface area contributed by atoms with Crippen molar-refractivity contribution in [1.29, 1.82) is 0 Å². The molecular weight excluding hydrogens is 401 g/mol. The highest BCUT2D eigenvalue weighted by atomic mass is 35.5. The van der Waals surface area contributed by atoms with Gasteiger partial charge in [-0.2, -0.15) is 0 Å². The Labute approximate surface area is 173 Å². The number of nitrogens with zero attached hydrogens (tertiary/aromatic N) is 1. The molecule has 0 spiro atoms. The van der Waals surface area contributed by atoms with E-state index in [-0.39, 0.29) is 40.5 Å². The van der Waals surface area contributed by atoms with Crippen LogP contribution < -0.4 is 9.64 Å². The van der Waals surface area contributed by atoms with Crippen molar-refractivity contribution in [2.45, 2.75) is 45.4 Å². The third kappa shape index (κ3) is 3.62. The molecule has 1 N–H and O–H groups in total. The zero-order chi connectivity index (χ0) is 20.6. The van der Waals surface area contributed by atoms with E-state index >= 15 is 0 Å². The number of halogens is 2. The zero-order valence-corrected chi connectivity index (χ0v) is 17.3. The van der Waals surface area contributed by atoms with Crippen LogP contribution in [0.4, 0.5) is 5.69 Å². The Balaban J connectivity index is 2.11. The second-order valence-electron chi connectivity index (χ2n) is 7.16. The van der Waals surface area contributed by atoms with E-state index in [1.165, 1.54) is 17.9 Å². The molecular formula is C21H21Cl2NO4. The molecule has 0 saturated heterocycles. The fraction of sp³-hybridized carbons (Fsp3) is 0.333. The summed E-state index contributed by atoms with van der Waals surface area (Å²) in [6.07, 6.45) is -0.421. The molecule has 1 atom stereocenters. The Morgan fingerprint density at radius 3 is 2.46 bits per heavy atom. The van der Waals surface area contributed by atoms with E-state index in [2.05, 4.69) is 0 Å². The van der Waals surface area contributed by atoms with Gasteiger partial charge >= 0.3 is 0 Å². The Morgan fingerprint density at radius 1 is 1.18 bits per heavy atom. The summed E-state index contributed by atoms with van der Waals surface area (Å²) >= 11 is 12.7. The van der Waals surface area contributed by atoms with Gasteiger partial charge in [0.15, 0.2) is 5.60 Å². The van der Waals surface area contributed by atoms with Gasteiger partial charge in [-0.05, 0) is 39.0 Å². The molecule has 3 rings (SSSR count). The quantitative estimate of drug-likeness (QED) is 0.745. The Morgan fingerprint density at radius 2 is 1.82 bits per heavy atom. The predicted molar refractivity (Wildman–Crippen MR) is 109 cm³/mol. The van der Waals surface area contributed by atoms with Gasteiger partial charge in [0.25, 0.3) is 5.91 Å². The number of rotatable bonds is 6. The molecule has 2 aromatic carbocycles. The number of hydrogen-bond donors (Lipinski definition) is 1. The largest absolute Gasteiger partial charge is 0.491 e. The number of carbonyl (C=O) groups is 2. The maximum atomic E-state index is 13.2. The number of fused-ring (bicyclic) bond motifs is 1. The SMILES string of the molecule is CC(=O)CC1(O)C(=O)N(Cc2ccccc2OC(C)C)c2c(Cl)ccc(Cl)c21. The summed E-state index contributed by atoms with van der Waals surface area (Å²) in [6, 6.07) is 10.4. The topological polar surface area (TPSA) is 66.8 Å². The molecule has 1 aliphatic rings. The molecule has 1 amide bonds. The number of ketones is 1. The van der Waals surface area contributed by atoms with E-state index in [1.807, 2.05) is 38.1 Å². The van der Waals surface area contributed by atoms with Gasteiger partial charge in [0.1, 0.15) is 11.5 Å². The molecule has 0 aliphatic carbocycles. The molecule has 0 aromatic heterocycles. The van der Waals surface area contributed by atoms with Gasteiger partial charge in [-0.25, -0.2) is 0 Å². The van der Waals surface area contributed by atoms with Crippen LogP contribution in [0.1, 0.15) is 38.3 Å². The van der Waals surface area contributed by atoms with Crippen molar-refractivity contribution in [3.63, 3.8) is 0 Å². The molecule has 5 nitrogen and oxygen atoms in total. The highest BCUT2D eigenvalue weighted by Gasteiger charge is 2.52. The molecule has 1 unspecified atom stereocenters. The number of hydrogen-bond acceptors (Lipinski definition) is 4. The summed E-state index contributed by atoms with van der Waals surface area (Å²) in [4.78, 5) is 26.4. The molecule has 0 fully saturated rings. The number of para-hydroxylation sites is 1. The van der Waals surface area contributed by atoms with Gasteiger partial charge in [0.05, 0.1) is 23.4 Å². The summed E-state index contributed by atoms with van der Waals surface area (Å²) in [7, 11) is 0. The van der Waals surface area contributed by atoms with Crippen molar-refractivity contribution in [3.05, 3.63) is 57.6 Å². The van der Waals surface area contributed by atoms with Crippen LogP contribution in [0.15, 0.2) is 36.4 Å². The number of benzene rings is 2. The van der Waals surface area contributed by atoms with E-state index in [4.69, 9.17) is 27.9 Å². The van der Waals surface area contributed by atoms with Crippen LogP contribution >= 0.6 is 23.2 Å². The standard InChI is InChI=1S/C21H21Cl2NO4/c1-12(2)28-17-7-5-4-6-14(17)11-24-19-16(23)9-8-15(22)18(19)21(27,20(24)26)10-13(3)25/h4-9,12,27H,10-11H2,1-3H3. The first-order valence-electron chi connectivity index (χ1n) is 8.92. The Bertz CT molecular complexity index is 944. The van der Waals surface area contributed by atoms with Gasteiger partial charge in [-0.1, -0.05) is 41.4 Å². The van der Waals surface area contributed by atoms with Crippen molar-refractivity contribution >= 4 is 40.6 Å². The van der Waals surface area contributed by atoms with Crippen LogP contribution in [-0.2, 0) is 21.7 Å². The van der Waals surface area contributed by atoms with Gasteiger partial charge < -0.3 is 14.7 Å². The summed E-state index contributed by atoms with van der Waals surface area (Å²) in [5, 5.41) is 11.6. The number of amides is 1. The normalized spacial score (nSPS) is 18.5. The van der Waals surface area contributed by atoms with Crippen LogP contribution in [0.3, 0.4) is 0 Å². The van der Waals surface area contributed by atoms with Crippen LogP contribution in [0.5, 0.6) is 5.75 Å². The lowest BCUT2D eigenvalue weighted by molar-refractivity contribution is -0.141. The Hall–Kier alpha value is -2.08.